The van der Waals surface area contributed by atoms with E-state index >= 15 is 0 Å². The summed E-state index contributed by atoms with van der Waals surface area (Å²) in [6.07, 6.45) is 2.81. The summed E-state index contributed by atoms with van der Waals surface area (Å²) in [5.41, 5.74) is 0.210. The van der Waals surface area contributed by atoms with Crippen molar-refractivity contribution in [2.45, 2.75) is 97.7 Å². The van der Waals surface area contributed by atoms with Crippen molar-refractivity contribution in [3.05, 3.63) is 40.8 Å². The molecule has 0 bridgehead atoms. The van der Waals surface area contributed by atoms with Crippen molar-refractivity contribution in [2.75, 3.05) is 31.5 Å². The molecule has 8 amide bonds. The van der Waals surface area contributed by atoms with Gasteiger partial charge in [0.25, 0.3) is 0 Å². The summed E-state index contributed by atoms with van der Waals surface area (Å²) in [7, 11) is 0. The molecular weight excluding hydrogens is 716 g/mol. The Balaban J connectivity index is 1.99. The molecule has 0 unspecified atom stereocenters. The molecule has 0 aliphatic carbocycles. The van der Waals surface area contributed by atoms with Gasteiger partial charge in [-0.1, -0.05) is 13.8 Å². The second-order valence-electron chi connectivity index (χ2n) is 13.5. The minimum absolute atomic E-state index is 0.0437. The van der Waals surface area contributed by atoms with Gasteiger partial charge < -0.3 is 47.0 Å². The van der Waals surface area contributed by atoms with Crippen molar-refractivity contribution in [1.29, 1.82) is 0 Å². The fourth-order valence-electron chi connectivity index (χ4n) is 5.41. The zero-order valence-electron chi connectivity index (χ0n) is 32.1. The quantitative estimate of drug-likeness (QED) is 0.0558. The van der Waals surface area contributed by atoms with E-state index in [0.29, 0.717) is 55.4 Å². The standard InChI is InChI=1S/C37H54N8O10/c1-22(2)18-30(45-33(50)21-40-35(52)28(42-25(5)48)10-6-8-16-38-23(3)46)36(53)41-20-32(49)44-29(11-7-9-17-39-24(4)47)37(54)43-27-13-14-31-26(19-27)12-15-34(51)55-31/h12-15,19,22,28-30H,6-11,16-18,20-21H2,1-5H3,(H,38,46)(H,39,47)(H,40,52)(H,41,53)(H,42,48)(H,43,54)(H,44,49)(H,45,50)/t28-,29-,30-/m0/s1. The van der Waals surface area contributed by atoms with E-state index in [1.807, 2.05) is 13.8 Å². The molecule has 2 aromatic rings. The summed E-state index contributed by atoms with van der Waals surface area (Å²) in [5, 5.41) is 21.4. The lowest BCUT2D eigenvalue weighted by Crippen LogP contribution is -2.53. The van der Waals surface area contributed by atoms with Crippen LogP contribution in [-0.4, -0.2) is 91.6 Å². The number of unbranched alkanes of at least 4 members (excludes halogenated alkanes) is 2. The second kappa shape index (κ2) is 23.8. The minimum atomic E-state index is -1.05. The Morgan fingerprint density at radius 3 is 1.65 bits per heavy atom. The van der Waals surface area contributed by atoms with Crippen LogP contribution in [0.1, 0.15) is 79.6 Å². The molecule has 0 radical (unpaired) electrons. The van der Waals surface area contributed by atoms with E-state index in [1.54, 1.807) is 18.2 Å². The number of hydrogen-bond donors (Lipinski definition) is 8. The number of carbonyl (C=O) groups is 8. The molecule has 18 heteroatoms. The van der Waals surface area contributed by atoms with E-state index in [4.69, 9.17) is 4.42 Å². The molecular formula is C37H54N8O10. The number of carbonyl (C=O) groups excluding carboxylic acids is 8. The molecule has 0 fully saturated rings. The van der Waals surface area contributed by atoms with Crippen molar-refractivity contribution >= 4 is 63.9 Å². The SMILES string of the molecule is CC(=O)NCCCC[C@H](NC(C)=O)C(=O)NCC(=O)N[C@@H](CC(C)C)C(=O)NCC(=O)N[C@@H](CCCCNC(C)=O)C(=O)Nc1ccc2oc(=O)ccc2c1. The molecule has 1 aromatic carbocycles. The highest BCUT2D eigenvalue weighted by Crippen LogP contribution is 2.18. The lowest BCUT2D eigenvalue weighted by atomic mass is 10.0. The molecule has 1 heterocycles. The first-order chi connectivity index (χ1) is 26.0. The van der Waals surface area contributed by atoms with Crippen molar-refractivity contribution in [3.63, 3.8) is 0 Å². The van der Waals surface area contributed by atoms with Crippen molar-refractivity contribution in [3.8, 4) is 0 Å². The zero-order chi connectivity index (χ0) is 40.9. The van der Waals surface area contributed by atoms with Crippen molar-refractivity contribution < 1.29 is 42.8 Å². The minimum Gasteiger partial charge on any atom is -0.423 e. The number of fused-ring (bicyclic) bond motifs is 1. The van der Waals surface area contributed by atoms with Gasteiger partial charge in [-0.25, -0.2) is 4.79 Å². The first-order valence-corrected chi connectivity index (χ1v) is 18.3. The molecule has 302 valence electrons. The van der Waals surface area contributed by atoms with Gasteiger partial charge in [0, 0.05) is 51.0 Å². The fourth-order valence-corrected chi connectivity index (χ4v) is 5.41. The van der Waals surface area contributed by atoms with Gasteiger partial charge in [-0.3, -0.25) is 38.4 Å². The molecule has 0 aliphatic heterocycles. The number of amides is 8. The van der Waals surface area contributed by atoms with Crippen LogP contribution in [0.4, 0.5) is 5.69 Å². The molecule has 0 spiro atoms. The molecule has 2 rings (SSSR count). The highest BCUT2D eigenvalue weighted by Gasteiger charge is 2.26. The van der Waals surface area contributed by atoms with Crippen LogP contribution < -0.4 is 48.2 Å². The number of hydrogen-bond acceptors (Lipinski definition) is 10. The monoisotopic (exact) mass is 770 g/mol. The largest absolute Gasteiger partial charge is 0.423 e. The number of rotatable bonds is 23. The molecule has 3 atom stereocenters. The van der Waals surface area contributed by atoms with Crippen molar-refractivity contribution in [2.24, 2.45) is 5.92 Å². The normalized spacial score (nSPS) is 12.4. The summed E-state index contributed by atoms with van der Waals surface area (Å²) in [5.74, 6) is -3.96. The van der Waals surface area contributed by atoms with E-state index in [-0.39, 0.29) is 37.0 Å². The summed E-state index contributed by atoms with van der Waals surface area (Å²) in [6.45, 7) is 7.54. The third-order valence-corrected chi connectivity index (χ3v) is 8.02. The molecule has 0 aliphatic rings. The highest BCUT2D eigenvalue weighted by molar-refractivity contribution is 5.99. The first-order valence-electron chi connectivity index (χ1n) is 18.3. The predicted octanol–water partition coefficient (Wildman–Crippen LogP) is 0.0971. The molecule has 0 saturated carbocycles. The Labute approximate surface area is 319 Å². The molecule has 1 aromatic heterocycles. The lowest BCUT2D eigenvalue weighted by molar-refractivity contribution is -0.132. The van der Waals surface area contributed by atoms with E-state index in [0.717, 1.165) is 0 Å². The Morgan fingerprint density at radius 1 is 0.600 bits per heavy atom. The van der Waals surface area contributed by atoms with Gasteiger partial charge in [-0.05, 0) is 75.1 Å². The maximum absolute atomic E-state index is 13.3. The topological polar surface area (TPSA) is 263 Å². The predicted molar refractivity (Wildman–Crippen MR) is 203 cm³/mol. The van der Waals surface area contributed by atoms with Crippen LogP contribution in [0.15, 0.2) is 39.5 Å². The number of anilines is 1. The Hall–Kier alpha value is -5.81. The number of benzene rings is 1. The summed E-state index contributed by atoms with van der Waals surface area (Å²) >= 11 is 0. The van der Waals surface area contributed by atoms with Gasteiger partial charge in [-0.2, -0.15) is 0 Å². The van der Waals surface area contributed by atoms with Crippen LogP contribution >= 0.6 is 0 Å². The van der Waals surface area contributed by atoms with Gasteiger partial charge in [0.15, 0.2) is 0 Å². The first kappa shape index (κ1) is 45.3. The van der Waals surface area contributed by atoms with E-state index < -0.39 is 72.3 Å². The average molecular weight is 771 g/mol. The maximum Gasteiger partial charge on any atom is 0.336 e. The molecule has 18 nitrogen and oxygen atoms in total. The van der Waals surface area contributed by atoms with Crippen LogP contribution in [-0.2, 0) is 38.4 Å². The molecule has 55 heavy (non-hydrogen) atoms. The second-order valence-corrected chi connectivity index (χ2v) is 13.5. The highest BCUT2D eigenvalue weighted by atomic mass is 16.4. The lowest BCUT2D eigenvalue weighted by Gasteiger charge is -2.22. The molecule has 0 saturated heterocycles. The smallest absolute Gasteiger partial charge is 0.336 e. The summed E-state index contributed by atoms with van der Waals surface area (Å²) < 4.78 is 5.13. The van der Waals surface area contributed by atoms with Gasteiger partial charge in [-0.15, -0.1) is 0 Å². The Kier molecular flexibility index (Phi) is 19.6. The summed E-state index contributed by atoms with van der Waals surface area (Å²) in [4.78, 5) is 111. The van der Waals surface area contributed by atoms with Gasteiger partial charge in [0.2, 0.25) is 47.3 Å². The van der Waals surface area contributed by atoms with Crippen LogP contribution in [0.25, 0.3) is 11.0 Å². The Bertz CT molecular complexity index is 1730. The number of nitrogens with one attached hydrogen (secondary N) is 8. The van der Waals surface area contributed by atoms with Crippen LogP contribution in [0.5, 0.6) is 0 Å². The van der Waals surface area contributed by atoms with Crippen LogP contribution in [0.3, 0.4) is 0 Å². The van der Waals surface area contributed by atoms with E-state index in [2.05, 4.69) is 42.5 Å². The zero-order valence-corrected chi connectivity index (χ0v) is 32.1. The molecule has 8 N–H and O–H groups in total. The van der Waals surface area contributed by atoms with Gasteiger partial charge >= 0.3 is 5.63 Å². The summed E-state index contributed by atoms with van der Waals surface area (Å²) in [6, 6.07) is 4.53. The fraction of sp³-hybridized carbons (Fsp3) is 0.541. The third-order valence-electron chi connectivity index (χ3n) is 8.02. The van der Waals surface area contributed by atoms with Crippen LogP contribution in [0, 0.1) is 5.92 Å². The van der Waals surface area contributed by atoms with Gasteiger partial charge in [0.1, 0.15) is 23.7 Å². The average Bonchev–Trinajstić information content (AvgIpc) is 3.10. The van der Waals surface area contributed by atoms with Gasteiger partial charge in [0.05, 0.1) is 13.1 Å². The third kappa shape index (κ3) is 18.7. The van der Waals surface area contributed by atoms with E-state index in [9.17, 15) is 43.2 Å². The van der Waals surface area contributed by atoms with Crippen LogP contribution in [0.2, 0.25) is 0 Å². The van der Waals surface area contributed by atoms with Crippen molar-refractivity contribution in [1.82, 2.24) is 37.2 Å². The maximum atomic E-state index is 13.3. The Morgan fingerprint density at radius 2 is 1.13 bits per heavy atom. The van der Waals surface area contributed by atoms with E-state index in [1.165, 1.54) is 32.9 Å².